The molecule has 1 unspecified atom stereocenters. The van der Waals surface area contributed by atoms with E-state index in [9.17, 15) is 0 Å². The summed E-state index contributed by atoms with van der Waals surface area (Å²) in [4.78, 5) is 1.33. The van der Waals surface area contributed by atoms with Crippen molar-refractivity contribution >= 4 is 11.8 Å². The Balaban J connectivity index is 1.98. The number of aryl methyl sites for hydroxylation is 2. The minimum Gasteiger partial charge on any atom is -0.313 e. The highest BCUT2D eigenvalue weighted by atomic mass is 32.2. The summed E-state index contributed by atoms with van der Waals surface area (Å²) >= 11 is 1.92. The Kier molecular flexibility index (Phi) is 6.33. The van der Waals surface area contributed by atoms with Gasteiger partial charge >= 0.3 is 0 Å². The van der Waals surface area contributed by atoms with E-state index in [1.165, 1.54) is 10.6 Å². The first-order valence-corrected chi connectivity index (χ1v) is 8.66. The number of nitrogens with zero attached hydrogens (tertiary/aromatic N) is 2. The van der Waals surface area contributed by atoms with Crippen LogP contribution in [0.15, 0.2) is 41.3 Å². The third-order valence-corrected chi connectivity index (χ3v) is 4.60. The van der Waals surface area contributed by atoms with Crippen LogP contribution in [0.1, 0.15) is 25.2 Å². The minimum atomic E-state index is 0.474. The third-order valence-electron chi connectivity index (χ3n) is 3.43. The van der Waals surface area contributed by atoms with E-state index in [0.717, 1.165) is 31.0 Å². The Morgan fingerprint density at radius 1 is 1.24 bits per heavy atom. The zero-order valence-corrected chi connectivity index (χ0v) is 14.0. The van der Waals surface area contributed by atoms with Gasteiger partial charge < -0.3 is 5.32 Å². The van der Waals surface area contributed by atoms with Crippen molar-refractivity contribution in [1.29, 1.82) is 0 Å². The molecule has 0 amide bonds. The van der Waals surface area contributed by atoms with Gasteiger partial charge in [-0.05, 0) is 38.6 Å². The molecular formula is C17H25N3S. The highest BCUT2D eigenvalue weighted by Gasteiger charge is 2.13. The molecule has 0 aliphatic rings. The molecule has 0 bridgehead atoms. The summed E-state index contributed by atoms with van der Waals surface area (Å²) < 4.78 is 2.12. The fourth-order valence-corrected chi connectivity index (χ4v) is 3.46. The fourth-order valence-electron chi connectivity index (χ4n) is 2.48. The summed E-state index contributed by atoms with van der Waals surface area (Å²) in [5.41, 5.74) is 2.44. The molecule has 2 rings (SSSR count). The summed E-state index contributed by atoms with van der Waals surface area (Å²) in [7, 11) is 0. The van der Waals surface area contributed by atoms with Gasteiger partial charge in [0.15, 0.2) is 0 Å². The quantitative estimate of drug-likeness (QED) is 0.757. The van der Waals surface area contributed by atoms with Crippen molar-refractivity contribution in [3.63, 3.8) is 0 Å². The Bertz CT molecular complexity index is 536. The van der Waals surface area contributed by atoms with E-state index in [0.29, 0.717) is 6.04 Å². The number of hydrogen-bond acceptors (Lipinski definition) is 3. The molecule has 21 heavy (non-hydrogen) atoms. The second kappa shape index (κ2) is 8.25. The molecule has 1 aromatic carbocycles. The fraction of sp³-hybridized carbons (Fsp3) is 0.471. The molecule has 0 saturated heterocycles. The second-order valence-corrected chi connectivity index (χ2v) is 6.27. The van der Waals surface area contributed by atoms with E-state index in [1.54, 1.807) is 0 Å². The van der Waals surface area contributed by atoms with Crippen LogP contribution in [-0.4, -0.2) is 28.1 Å². The van der Waals surface area contributed by atoms with Gasteiger partial charge in [-0.15, -0.1) is 11.8 Å². The Morgan fingerprint density at radius 2 is 2.00 bits per heavy atom. The van der Waals surface area contributed by atoms with Crippen LogP contribution >= 0.6 is 11.8 Å². The number of benzene rings is 1. The molecule has 0 spiro atoms. The van der Waals surface area contributed by atoms with Crippen molar-refractivity contribution in [3.05, 3.63) is 47.8 Å². The number of thioether (sulfide) groups is 1. The molecule has 1 N–H and O–H groups in total. The summed E-state index contributed by atoms with van der Waals surface area (Å²) in [5.74, 6) is 1.08. The number of hydrogen-bond donors (Lipinski definition) is 1. The van der Waals surface area contributed by atoms with Gasteiger partial charge in [0, 0.05) is 35.3 Å². The number of aromatic nitrogens is 2. The van der Waals surface area contributed by atoms with Crippen molar-refractivity contribution in [2.75, 3.05) is 12.3 Å². The molecule has 1 aromatic heterocycles. The molecule has 0 fully saturated rings. The van der Waals surface area contributed by atoms with Crippen molar-refractivity contribution in [1.82, 2.24) is 15.1 Å². The summed E-state index contributed by atoms with van der Waals surface area (Å²) in [6.45, 7) is 8.32. The van der Waals surface area contributed by atoms with Crippen LogP contribution in [0.25, 0.3) is 0 Å². The van der Waals surface area contributed by atoms with E-state index in [4.69, 9.17) is 0 Å². The molecule has 0 aliphatic carbocycles. The monoisotopic (exact) mass is 303 g/mol. The van der Waals surface area contributed by atoms with Crippen LogP contribution in [0, 0.1) is 6.92 Å². The molecule has 0 aliphatic heterocycles. The Labute approximate surface area is 132 Å². The molecule has 2 aromatic rings. The highest BCUT2D eigenvalue weighted by molar-refractivity contribution is 7.99. The molecular weight excluding hydrogens is 278 g/mol. The molecule has 3 nitrogen and oxygen atoms in total. The highest BCUT2D eigenvalue weighted by Crippen LogP contribution is 2.19. The van der Waals surface area contributed by atoms with E-state index in [1.807, 2.05) is 11.8 Å². The third kappa shape index (κ3) is 4.90. The van der Waals surface area contributed by atoms with Gasteiger partial charge in [-0.2, -0.15) is 5.10 Å². The standard InChI is InChI=1S/C17H25N3S/c1-4-18-15(13-21-17-9-7-6-8-10-17)12-16-11-14(3)19-20(16)5-2/h6-11,15,18H,4-5,12-13H2,1-3H3. The molecule has 0 saturated carbocycles. The molecule has 0 radical (unpaired) electrons. The van der Waals surface area contributed by atoms with Gasteiger partial charge in [0.1, 0.15) is 0 Å². The largest absolute Gasteiger partial charge is 0.313 e. The summed E-state index contributed by atoms with van der Waals surface area (Å²) in [6, 6.07) is 13.3. The maximum absolute atomic E-state index is 4.54. The number of nitrogens with one attached hydrogen (secondary N) is 1. The maximum atomic E-state index is 4.54. The van der Waals surface area contributed by atoms with E-state index >= 15 is 0 Å². The lowest BCUT2D eigenvalue weighted by Gasteiger charge is -2.18. The van der Waals surface area contributed by atoms with Gasteiger partial charge in [0.25, 0.3) is 0 Å². The molecule has 4 heteroatoms. The smallest absolute Gasteiger partial charge is 0.0596 e. The average molecular weight is 303 g/mol. The number of likely N-dealkylation sites (N-methyl/N-ethyl adjacent to an activating group) is 1. The molecule has 1 heterocycles. The average Bonchev–Trinajstić information content (AvgIpc) is 2.86. The van der Waals surface area contributed by atoms with Gasteiger partial charge in [0.2, 0.25) is 0 Å². The SMILES string of the molecule is CCNC(CSc1ccccc1)Cc1cc(C)nn1CC. The van der Waals surface area contributed by atoms with Gasteiger partial charge in [-0.25, -0.2) is 0 Å². The van der Waals surface area contributed by atoms with Crippen LogP contribution in [0.4, 0.5) is 0 Å². The lowest BCUT2D eigenvalue weighted by Crippen LogP contribution is -2.34. The normalized spacial score (nSPS) is 12.5. The van der Waals surface area contributed by atoms with Crippen molar-refractivity contribution in [2.45, 2.75) is 44.7 Å². The topological polar surface area (TPSA) is 29.9 Å². The zero-order valence-electron chi connectivity index (χ0n) is 13.2. The van der Waals surface area contributed by atoms with Crippen molar-refractivity contribution in [3.8, 4) is 0 Å². The summed E-state index contributed by atoms with van der Waals surface area (Å²) in [6.07, 6.45) is 1.03. The maximum Gasteiger partial charge on any atom is 0.0596 e. The second-order valence-electron chi connectivity index (χ2n) is 5.18. The Morgan fingerprint density at radius 3 is 2.67 bits per heavy atom. The van der Waals surface area contributed by atoms with E-state index in [-0.39, 0.29) is 0 Å². The van der Waals surface area contributed by atoms with E-state index < -0.39 is 0 Å². The van der Waals surface area contributed by atoms with Crippen LogP contribution in [0.3, 0.4) is 0 Å². The van der Waals surface area contributed by atoms with Crippen LogP contribution < -0.4 is 5.32 Å². The zero-order chi connectivity index (χ0) is 15.1. The minimum absolute atomic E-state index is 0.474. The first-order valence-electron chi connectivity index (χ1n) is 7.67. The van der Waals surface area contributed by atoms with Crippen LogP contribution in [0.5, 0.6) is 0 Å². The lowest BCUT2D eigenvalue weighted by molar-refractivity contribution is 0.533. The predicted molar refractivity (Wildman–Crippen MR) is 91.0 cm³/mol. The van der Waals surface area contributed by atoms with Gasteiger partial charge in [-0.1, -0.05) is 25.1 Å². The lowest BCUT2D eigenvalue weighted by atomic mass is 10.1. The Hall–Kier alpha value is -1.26. The number of rotatable bonds is 8. The van der Waals surface area contributed by atoms with Gasteiger partial charge in [-0.3, -0.25) is 4.68 Å². The van der Waals surface area contributed by atoms with Crippen LogP contribution in [0.2, 0.25) is 0 Å². The van der Waals surface area contributed by atoms with E-state index in [2.05, 4.69) is 72.3 Å². The summed E-state index contributed by atoms with van der Waals surface area (Å²) in [5, 5.41) is 8.14. The first-order chi connectivity index (χ1) is 10.2. The van der Waals surface area contributed by atoms with Crippen LogP contribution in [-0.2, 0) is 13.0 Å². The predicted octanol–water partition coefficient (Wildman–Crippen LogP) is 3.52. The molecule has 114 valence electrons. The first kappa shape index (κ1) is 16.1. The van der Waals surface area contributed by atoms with Crippen molar-refractivity contribution < 1.29 is 0 Å². The van der Waals surface area contributed by atoms with Crippen molar-refractivity contribution in [2.24, 2.45) is 0 Å². The van der Waals surface area contributed by atoms with Gasteiger partial charge in [0.05, 0.1) is 5.69 Å². The molecule has 1 atom stereocenters.